The molecule has 0 bridgehead atoms. The highest BCUT2D eigenvalue weighted by Crippen LogP contribution is 2.45. The normalized spacial score (nSPS) is 28.8. The number of amides is 1. The van der Waals surface area contributed by atoms with Crippen molar-refractivity contribution in [3.63, 3.8) is 0 Å². The zero-order valence-electron chi connectivity index (χ0n) is 14.7. The van der Waals surface area contributed by atoms with Gasteiger partial charge in [0.15, 0.2) is 0 Å². The number of rotatable bonds is 4. The first-order valence-electron chi connectivity index (χ1n) is 8.84. The molecule has 1 aromatic heterocycles. The van der Waals surface area contributed by atoms with E-state index in [0.29, 0.717) is 30.5 Å². The summed E-state index contributed by atoms with van der Waals surface area (Å²) >= 11 is 0. The van der Waals surface area contributed by atoms with E-state index in [2.05, 4.69) is 4.98 Å². The number of hydrogen-bond acceptors (Lipinski definition) is 4. The smallest absolute Gasteiger partial charge is 0.347 e. The average Bonchev–Trinajstić information content (AvgIpc) is 3.02. The summed E-state index contributed by atoms with van der Waals surface area (Å²) in [6.45, 7) is 4.04. The van der Waals surface area contributed by atoms with Crippen molar-refractivity contribution in [2.75, 3.05) is 7.05 Å². The van der Waals surface area contributed by atoms with Crippen LogP contribution in [0.2, 0.25) is 0 Å². The number of carbonyl (C=O) groups is 1. The Kier molecular flexibility index (Phi) is 4.76. The maximum Gasteiger partial charge on any atom is 0.347 e. The van der Waals surface area contributed by atoms with Crippen molar-refractivity contribution in [2.45, 2.75) is 64.6 Å². The second kappa shape index (κ2) is 6.67. The maximum atomic E-state index is 12.5. The van der Waals surface area contributed by atoms with Crippen LogP contribution in [0.3, 0.4) is 0 Å². The number of aliphatic hydroxyl groups is 1. The van der Waals surface area contributed by atoms with Crippen LogP contribution in [0, 0.1) is 25.7 Å². The Labute approximate surface area is 142 Å². The number of nitrogens with zero attached hydrogens (tertiary/aromatic N) is 3. The van der Waals surface area contributed by atoms with Gasteiger partial charge in [-0.15, -0.1) is 0 Å². The van der Waals surface area contributed by atoms with Gasteiger partial charge in [0.1, 0.15) is 0 Å². The molecule has 0 radical (unpaired) electrons. The molecule has 1 amide bonds. The summed E-state index contributed by atoms with van der Waals surface area (Å²) in [6, 6.07) is 2.13. The lowest BCUT2D eigenvalue weighted by atomic mass is 10.0. The molecule has 3 rings (SSSR count). The van der Waals surface area contributed by atoms with Crippen LogP contribution in [0.25, 0.3) is 0 Å². The van der Waals surface area contributed by atoms with E-state index in [0.717, 1.165) is 31.4 Å². The van der Waals surface area contributed by atoms with Crippen LogP contribution in [-0.2, 0) is 11.3 Å². The minimum absolute atomic E-state index is 0.0763. The average molecular weight is 333 g/mol. The van der Waals surface area contributed by atoms with Gasteiger partial charge in [-0.2, -0.15) is 4.98 Å². The van der Waals surface area contributed by atoms with Gasteiger partial charge in [0.2, 0.25) is 5.91 Å². The molecule has 1 N–H and O–H groups in total. The molecule has 1 aromatic rings. The van der Waals surface area contributed by atoms with Gasteiger partial charge >= 0.3 is 5.69 Å². The van der Waals surface area contributed by atoms with E-state index < -0.39 is 0 Å². The first kappa shape index (κ1) is 17.1. The Bertz CT molecular complexity index is 671. The van der Waals surface area contributed by atoms with E-state index in [1.165, 1.54) is 0 Å². The molecule has 2 aliphatic carbocycles. The van der Waals surface area contributed by atoms with Crippen LogP contribution in [-0.4, -0.2) is 44.7 Å². The quantitative estimate of drug-likeness (QED) is 0.900. The van der Waals surface area contributed by atoms with E-state index >= 15 is 0 Å². The summed E-state index contributed by atoms with van der Waals surface area (Å²) in [5.74, 6) is 1.20. The minimum atomic E-state index is -0.285. The number of carbonyl (C=O) groups excluding carboxylic acids is 1. The van der Waals surface area contributed by atoms with Crippen molar-refractivity contribution < 1.29 is 9.90 Å². The molecule has 1 heterocycles. The van der Waals surface area contributed by atoms with Crippen molar-refractivity contribution in [1.29, 1.82) is 0 Å². The Hall–Kier alpha value is -1.69. The van der Waals surface area contributed by atoms with E-state index in [-0.39, 0.29) is 23.7 Å². The second-order valence-corrected chi connectivity index (χ2v) is 7.50. The van der Waals surface area contributed by atoms with Gasteiger partial charge in [-0.05, 0) is 57.4 Å². The molecule has 6 heteroatoms. The van der Waals surface area contributed by atoms with E-state index in [1.807, 2.05) is 24.9 Å². The predicted molar refractivity (Wildman–Crippen MR) is 90.6 cm³/mol. The minimum Gasteiger partial charge on any atom is -0.393 e. The SMILES string of the molecule is Cc1cc(C)n(CCC(=O)N(C)C2C[C@H]3CC(O)C[C@H]3C2)c(=O)n1. The fourth-order valence-electron chi connectivity index (χ4n) is 4.50. The molecule has 0 aliphatic heterocycles. The first-order valence-corrected chi connectivity index (χ1v) is 8.84. The van der Waals surface area contributed by atoms with Gasteiger partial charge in [0.05, 0.1) is 6.10 Å². The van der Waals surface area contributed by atoms with Gasteiger partial charge in [-0.25, -0.2) is 4.79 Å². The molecule has 0 spiro atoms. The van der Waals surface area contributed by atoms with Gasteiger partial charge < -0.3 is 10.0 Å². The zero-order chi connectivity index (χ0) is 17.4. The molecule has 2 aliphatic rings. The van der Waals surface area contributed by atoms with Crippen molar-refractivity contribution in [3.05, 3.63) is 27.9 Å². The second-order valence-electron chi connectivity index (χ2n) is 7.50. The highest BCUT2D eigenvalue weighted by molar-refractivity contribution is 5.76. The predicted octanol–water partition coefficient (Wildman–Crippen LogP) is 1.26. The summed E-state index contributed by atoms with van der Waals surface area (Å²) in [6.07, 6.45) is 3.92. The summed E-state index contributed by atoms with van der Waals surface area (Å²) in [7, 11) is 1.87. The Morgan fingerprint density at radius 2 is 1.92 bits per heavy atom. The molecule has 24 heavy (non-hydrogen) atoms. The molecule has 0 saturated heterocycles. The molecule has 132 valence electrons. The summed E-state index contributed by atoms with van der Waals surface area (Å²) in [5, 5.41) is 9.73. The number of fused-ring (bicyclic) bond motifs is 1. The fraction of sp³-hybridized carbons (Fsp3) is 0.722. The van der Waals surface area contributed by atoms with Gasteiger partial charge in [0.25, 0.3) is 0 Å². The van der Waals surface area contributed by atoms with Gasteiger partial charge in [-0.3, -0.25) is 9.36 Å². The monoisotopic (exact) mass is 333 g/mol. The molecule has 2 saturated carbocycles. The number of aryl methyl sites for hydroxylation is 2. The van der Waals surface area contributed by atoms with Gasteiger partial charge in [-0.1, -0.05) is 0 Å². The van der Waals surface area contributed by atoms with Crippen molar-refractivity contribution in [1.82, 2.24) is 14.5 Å². The molecular formula is C18H27N3O3. The number of aromatic nitrogens is 2. The molecule has 2 unspecified atom stereocenters. The van der Waals surface area contributed by atoms with E-state index in [1.54, 1.807) is 11.5 Å². The number of aliphatic hydroxyl groups excluding tert-OH is 1. The third-order valence-electron chi connectivity index (χ3n) is 5.80. The van der Waals surface area contributed by atoms with Crippen LogP contribution < -0.4 is 5.69 Å². The van der Waals surface area contributed by atoms with Crippen molar-refractivity contribution >= 4 is 5.91 Å². The third kappa shape index (κ3) is 3.38. The fourth-order valence-corrected chi connectivity index (χ4v) is 4.50. The Morgan fingerprint density at radius 1 is 1.29 bits per heavy atom. The van der Waals surface area contributed by atoms with Crippen LogP contribution >= 0.6 is 0 Å². The highest BCUT2D eigenvalue weighted by Gasteiger charge is 2.42. The lowest BCUT2D eigenvalue weighted by Crippen LogP contribution is -2.37. The molecule has 6 nitrogen and oxygen atoms in total. The van der Waals surface area contributed by atoms with Crippen LogP contribution in [0.4, 0.5) is 0 Å². The lowest BCUT2D eigenvalue weighted by molar-refractivity contribution is -0.132. The Balaban J connectivity index is 1.57. The standard InChI is InChI=1S/C18H27N3O3/c1-11-6-12(2)21(18(24)19-11)5-4-17(23)20(3)15-7-13-9-16(22)10-14(13)8-15/h6,13-16,22H,4-5,7-10H2,1-3H3/t13-,14+,15?,16?. The zero-order valence-corrected chi connectivity index (χ0v) is 14.7. The van der Waals surface area contributed by atoms with E-state index in [4.69, 9.17) is 0 Å². The van der Waals surface area contributed by atoms with Crippen molar-refractivity contribution in [3.8, 4) is 0 Å². The molecule has 4 atom stereocenters. The molecule has 2 fully saturated rings. The molecule has 0 aromatic carbocycles. The highest BCUT2D eigenvalue weighted by atomic mass is 16.3. The first-order chi connectivity index (χ1) is 11.3. The summed E-state index contributed by atoms with van der Waals surface area (Å²) in [5.41, 5.74) is 1.26. The molecular weight excluding hydrogens is 306 g/mol. The Morgan fingerprint density at radius 3 is 2.50 bits per heavy atom. The van der Waals surface area contributed by atoms with Crippen LogP contribution in [0.15, 0.2) is 10.9 Å². The van der Waals surface area contributed by atoms with Gasteiger partial charge in [0, 0.05) is 37.4 Å². The van der Waals surface area contributed by atoms with Crippen LogP contribution in [0.5, 0.6) is 0 Å². The third-order valence-corrected chi connectivity index (χ3v) is 5.80. The number of hydrogen-bond donors (Lipinski definition) is 1. The van der Waals surface area contributed by atoms with E-state index in [9.17, 15) is 14.7 Å². The maximum absolute atomic E-state index is 12.5. The van der Waals surface area contributed by atoms with Crippen LogP contribution in [0.1, 0.15) is 43.5 Å². The lowest BCUT2D eigenvalue weighted by Gasteiger charge is -2.26. The summed E-state index contributed by atoms with van der Waals surface area (Å²) < 4.78 is 1.57. The van der Waals surface area contributed by atoms with Crippen molar-refractivity contribution in [2.24, 2.45) is 11.8 Å². The topological polar surface area (TPSA) is 75.4 Å². The largest absolute Gasteiger partial charge is 0.393 e. The summed E-state index contributed by atoms with van der Waals surface area (Å²) in [4.78, 5) is 30.3.